The van der Waals surface area contributed by atoms with Crippen LogP contribution >= 0.6 is 22.7 Å². The monoisotopic (exact) mass is 280 g/mol. The Balaban J connectivity index is 1.85. The van der Waals surface area contributed by atoms with Gasteiger partial charge in [0.2, 0.25) is 5.91 Å². The number of nitrogens with zero attached hydrogens (tertiary/aromatic N) is 2. The molecule has 2 aromatic heterocycles. The molecule has 0 saturated heterocycles. The van der Waals surface area contributed by atoms with Crippen LogP contribution in [0, 0.1) is 6.92 Å². The van der Waals surface area contributed by atoms with Gasteiger partial charge in [-0.3, -0.25) is 4.79 Å². The third kappa shape index (κ3) is 3.38. The van der Waals surface area contributed by atoms with E-state index in [0.29, 0.717) is 10.8 Å². The van der Waals surface area contributed by atoms with Crippen molar-refractivity contribution in [3.63, 3.8) is 0 Å². The number of hydrogen-bond acceptors (Lipinski definition) is 6. The Kier molecular flexibility index (Phi) is 4.06. The minimum Gasteiger partial charge on any atom is -0.375 e. The van der Waals surface area contributed by atoms with Gasteiger partial charge in [0, 0.05) is 10.3 Å². The van der Waals surface area contributed by atoms with Gasteiger partial charge in [-0.15, -0.1) is 22.7 Å². The maximum absolute atomic E-state index is 11.5. The maximum atomic E-state index is 11.5. The van der Waals surface area contributed by atoms with Gasteiger partial charge in [0.25, 0.3) is 0 Å². The second-order valence-corrected chi connectivity index (χ2v) is 5.45. The second-order valence-electron chi connectivity index (χ2n) is 3.61. The van der Waals surface area contributed by atoms with Crippen molar-refractivity contribution in [3.8, 4) is 0 Å². The van der Waals surface area contributed by atoms with Crippen molar-refractivity contribution in [2.45, 2.75) is 13.3 Å². The van der Waals surface area contributed by atoms with E-state index in [-0.39, 0.29) is 12.3 Å². The highest BCUT2D eigenvalue weighted by atomic mass is 32.1. The summed E-state index contributed by atoms with van der Waals surface area (Å²) in [6.45, 7) is 2.00. The Labute approximate surface area is 112 Å². The largest absolute Gasteiger partial charge is 0.375 e. The van der Waals surface area contributed by atoms with Crippen LogP contribution in [-0.4, -0.2) is 17.1 Å². The number of nitrogen functional groups attached to an aromatic ring is 1. The van der Waals surface area contributed by atoms with Gasteiger partial charge in [-0.25, -0.2) is 10.4 Å². The predicted octanol–water partition coefficient (Wildman–Crippen LogP) is 1.79. The smallest absolute Gasteiger partial charge is 0.246 e. The Morgan fingerprint density at radius 1 is 1.61 bits per heavy atom. The summed E-state index contributed by atoms with van der Waals surface area (Å²) in [5, 5.41) is 8.12. The van der Waals surface area contributed by atoms with E-state index in [1.165, 1.54) is 11.3 Å². The molecule has 0 atom stereocenters. The number of nitrogens with two attached hydrogens (primary N) is 1. The van der Waals surface area contributed by atoms with Gasteiger partial charge in [-0.05, 0) is 23.9 Å². The van der Waals surface area contributed by atoms with Gasteiger partial charge in [0.15, 0.2) is 5.13 Å². The van der Waals surface area contributed by atoms with Crippen LogP contribution in [0.1, 0.15) is 16.1 Å². The lowest BCUT2D eigenvalue weighted by Gasteiger charge is -1.96. The second kappa shape index (κ2) is 5.74. The first-order chi connectivity index (χ1) is 8.65. The number of hydrogen-bond donors (Lipinski definition) is 2. The summed E-state index contributed by atoms with van der Waals surface area (Å²) in [5.41, 5.74) is 9.76. The van der Waals surface area contributed by atoms with Gasteiger partial charge in [0.1, 0.15) is 0 Å². The molecule has 0 aliphatic rings. The van der Waals surface area contributed by atoms with Crippen molar-refractivity contribution in [1.82, 2.24) is 10.4 Å². The van der Waals surface area contributed by atoms with E-state index in [4.69, 9.17) is 5.73 Å². The molecule has 18 heavy (non-hydrogen) atoms. The zero-order valence-corrected chi connectivity index (χ0v) is 11.3. The van der Waals surface area contributed by atoms with Crippen LogP contribution < -0.4 is 11.2 Å². The number of anilines is 1. The number of aromatic nitrogens is 1. The van der Waals surface area contributed by atoms with Crippen LogP contribution in [0.2, 0.25) is 0 Å². The van der Waals surface area contributed by atoms with E-state index < -0.39 is 0 Å². The summed E-state index contributed by atoms with van der Waals surface area (Å²) < 4.78 is 0. The van der Waals surface area contributed by atoms with E-state index in [1.54, 1.807) is 22.9 Å². The van der Waals surface area contributed by atoms with Crippen molar-refractivity contribution in [2.24, 2.45) is 5.10 Å². The molecular weight excluding hydrogens is 268 g/mol. The Hall–Kier alpha value is -1.73. The molecule has 0 aromatic carbocycles. The number of carbonyl (C=O) groups excluding carboxylic acids is 1. The summed E-state index contributed by atoms with van der Waals surface area (Å²) in [7, 11) is 0. The number of thiazole rings is 1. The van der Waals surface area contributed by atoms with E-state index in [1.807, 2.05) is 18.4 Å². The summed E-state index contributed by atoms with van der Waals surface area (Å²) in [5.74, 6) is -0.203. The van der Waals surface area contributed by atoms with Gasteiger partial charge in [0.05, 0.1) is 18.3 Å². The lowest BCUT2D eigenvalue weighted by atomic mass is 10.3. The molecule has 5 nitrogen and oxygen atoms in total. The van der Waals surface area contributed by atoms with Crippen molar-refractivity contribution < 1.29 is 4.79 Å². The van der Waals surface area contributed by atoms with Crippen molar-refractivity contribution in [3.05, 3.63) is 33.0 Å². The molecule has 0 fully saturated rings. The maximum Gasteiger partial charge on any atom is 0.246 e. The van der Waals surface area contributed by atoms with Crippen LogP contribution in [0.5, 0.6) is 0 Å². The third-order valence-corrected chi connectivity index (χ3v) is 3.86. The van der Waals surface area contributed by atoms with Gasteiger partial charge in [-0.1, -0.05) is 0 Å². The average molecular weight is 280 g/mol. The topological polar surface area (TPSA) is 80.4 Å². The molecule has 0 unspecified atom stereocenters. The number of nitrogens with one attached hydrogen (secondary N) is 1. The fourth-order valence-corrected chi connectivity index (χ4v) is 2.64. The van der Waals surface area contributed by atoms with E-state index in [9.17, 15) is 4.79 Å². The SMILES string of the molecule is Cc1ccsc1/C=N/NC(=O)Cc1csc(N)n1. The molecule has 2 heterocycles. The summed E-state index contributed by atoms with van der Waals surface area (Å²) in [6, 6.07) is 2.01. The molecule has 0 saturated carbocycles. The first-order valence-corrected chi connectivity index (χ1v) is 6.97. The number of aryl methyl sites for hydroxylation is 1. The number of hydrazone groups is 1. The zero-order valence-electron chi connectivity index (χ0n) is 9.71. The van der Waals surface area contributed by atoms with E-state index in [0.717, 1.165) is 10.4 Å². The van der Waals surface area contributed by atoms with Crippen LogP contribution in [0.25, 0.3) is 0 Å². The van der Waals surface area contributed by atoms with Crippen LogP contribution in [0.3, 0.4) is 0 Å². The molecule has 0 aliphatic heterocycles. The average Bonchev–Trinajstić information content (AvgIpc) is 2.89. The first kappa shape index (κ1) is 12.7. The number of rotatable bonds is 4. The Morgan fingerprint density at radius 3 is 3.06 bits per heavy atom. The molecule has 2 rings (SSSR count). The number of thiophene rings is 1. The highest BCUT2D eigenvalue weighted by Gasteiger charge is 2.05. The molecule has 2 aromatic rings. The normalized spacial score (nSPS) is 10.9. The lowest BCUT2D eigenvalue weighted by Crippen LogP contribution is -2.19. The lowest BCUT2D eigenvalue weighted by molar-refractivity contribution is -0.120. The molecule has 94 valence electrons. The minimum atomic E-state index is -0.203. The number of carbonyl (C=O) groups is 1. The quantitative estimate of drug-likeness (QED) is 0.662. The third-order valence-electron chi connectivity index (χ3n) is 2.18. The van der Waals surface area contributed by atoms with Gasteiger partial charge < -0.3 is 5.73 Å². The van der Waals surface area contributed by atoms with Gasteiger partial charge in [-0.2, -0.15) is 5.10 Å². The Bertz CT molecular complexity index is 573. The van der Waals surface area contributed by atoms with Crippen LogP contribution in [-0.2, 0) is 11.2 Å². The van der Waals surface area contributed by atoms with Crippen molar-refractivity contribution in [2.75, 3.05) is 5.73 Å². The standard InChI is InChI=1S/C11H12N4OS2/c1-7-2-3-17-9(7)5-13-15-10(16)4-8-6-18-11(12)14-8/h2-3,5-6H,4H2,1H3,(H2,12,14)(H,15,16)/b13-5+. The van der Waals surface area contributed by atoms with Crippen molar-refractivity contribution >= 4 is 39.9 Å². The fraction of sp³-hybridized carbons (Fsp3) is 0.182. The molecule has 0 bridgehead atoms. The van der Waals surface area contributed by atoms with Gasteiger partial charge >= 0.3 is 0 Å². The Morgan fingerprint density at radius 2 is 2.44 bits per heavy atom. The molecule has 0 aliphatic carbocycles. The van der Waals surface area contributed by atoms with Crippen LogP contribution in [0.15, 0.2) is 21.9 Å². The van der Waals surface area contributed by atoms with E-state index in [2.05, 4.69) is 15.5 Å². The molecule has 7 heteroatoms. The highest BCUT2D eigenvalue weighted by Crippen LogP contribution is 2.12. The zero-order chi connectivity index (χ0) is 13.0. The summed E-state index contributed by atoms with van der Waals surface area (Å²) >= 11 is 2.90. The van der Waals surface area contributed by atoms with Crippen LogP contribution in [0.4, 0.5) is 5.13 Å². The molecule has 0 spiro atoms. The fourth-order valence-electron chi connectivity index (χ4n) is 1.29. The number of amides is 1. The minimum absolute atomic E-state index is 0.189. The predicted molar refractivity (Wildman–Crippen MR) is 75.0 cm³/mol. The summed E-state index contributed by atoms with van der Waals surface area (Å²) in [4.78, 5) is 16.6. The highest BCUT2D eigenvalue weighted by molar-refractivity contribution is 7.13. The molecule has 3 N–H and O–H groups in total. The molecule has 1 amide bonds. The summed E-state index contributed by atoms with van der Waals surface area (Å²) in [6.07, 6.45) is 1.84. The van der Waals surface area contributed by atoms with E-state index >= 15 is 0 Å². The molecule has 0 radical (unpaired) electrons. The molecular formula is C11H12N4OS2. The van der Waals surface area contributed by atoms with Crippen molar-refractivity contribution in [1.29, 1.82) is 0 Å². The first-order valence-electron chi connectivity index (χ1n) is 5.21.